The molecule has 2 aromatic rings. The number of carbonyl (C=O) groups excluding carboxylic acids is 1. The Hall–Kier alpha value is -2.24. The molecular weight excluding hydrogens is 328 g/mol. The van der Waals surface area contributed by atoms with Crippen LogP contribution in [0.5, 0.6) is 0 Å². The highest BCUT2D eigenvalue weighted by Gasteiger charge is 2.48. The van der Waals surface area contributed by atoms with Gasteiger partial charge in [-0.2, -0.15) is 0 Å². The summed E-state index contributed by atoms with van der Waals surface area (Å²) in [6.07, 6.45) is 3.79. The van der Waals surface area contributed by atoms with Gasteiger partial charge in [0.25, 0.3) is 0 Å². The molecule has 1 saturated heterocycles. The van der Waals surface area contributed by atoms with Crippen LogP contribution in [-0.2, 0) is 6.42 Å². The van der Waals surface area contributed by atoms with E-state index in [1.165, 1.54) is 17.8 Å². The summed E-state index contributed by atoms with van der Waals surface area (Å²) in [6, 6.07) is 13.1. The van der Waals surface area contributed by atoms with E-state index in [9.17, 15) is 14.7 Å². The van der Waals surface area contributed by atoms with Gasteiger partial charge in [-0.15, -0.1) is 0 Å². The van der Waals surface area contributed by atoms with E-state index < -0.39 is 5.60 Å². The second-order valence-corrected chi connectivity index (χ2v) is 7.87. The average molecular weight is 352 g/mol. The Kier molecular flexibility index (Phi) is 4.51. The fourth-order valence-corrected chi connectivity index (χ4v) is 4.69. The number of H-pyrrole nitrogens is 1. The Labute approximate surface area is 152 Å². The summed E-state index contributed by atoms with van der Waals surface area (Å²) in [5.74, 6) is 0.931. The first kappa shape index (κ1) is 17.2. The summed E-state index contributed by atoms with van der Waals surface area (Å²) >= 11 is 0. The van der Waals surface area contributed by atoms with E-state index in [-0.39, 0.29) is 11.3 Å². The second kappa shape index (κ2) is 6.82. The van der Waals surface area contributed by atoms with Crippen molar-refractivity contribution in [2.75, 3.05) is 19.6 Å². The Balaban J connectivity index is 1.34. The first-order valence-corrected chi connectivity index (χ1v) is 9.21. The van der Waals surface area contributed by atoms with E-state index in [0.717, 1.165) is 25.9 Å². The molecule has 0 amide bonds. The van der Waals surface area contributed by atoms with Crippen LogP contribution in [-0.4, -0.2) is 46.0 Å². The van der Waals surface area contributed by atoms with Crippen LogP contribution < -0.4 is 5.56 Å². The third-order valence-corrected chi connectivity index (χ3v) is 5.79. The summed E-state index contributed by atoms with van der Waals surface area (Å²) in [5, 5.41) is 11.0. The van der Waals surface area contributed by atoms with Gasteiger partial charge in [-0.05, 0) is 36.3 Å². The van der Waals surface area contributed by atoms with Crippen LogP contribution in [0.1, 0.15) is 28.8 Å². The van der Waals surface area contributed by atoms with Gasteiger partial charge in [0, 0.05) is 37.3 Å². The SMILES string of the molecule is O=C(CN1CC2CC(O)(Cc3ccccc3)CC2C1)c1ccc(=O)[nH]c1. The third-order valence-electron chi connectivity index (χ3n) is 5.79. The molecule has 1 aromatic heterocycles. The van der Waals surface area contributed by atoms with E-state index in [1.54, 1.807) is 6.07 Å². The maximum atomic E-state index is 12.4. The van der Waals surface area contributed by atoms with Crippen molar-refractivity contribution < 1.29 is 9.90 Å². The predicted molar refractivity (Wildman–Crippen MR) is 99.1 cm³/mol. The third kappa shape index (κ3) is 3.64. The van der Waals surface area contributed by atoms with Crippen molar-refractivity contribution in [3.8, 4) is 0 Å². The minimum atomic E-state index is -0.619. The van der Waals surface area contributed by atoms with Crippen molar-refractivity contribution in [1.82, 2.24) is 9.88 Å². The molecule has 0 spiro atoms. The minimum Gasteiger partial charge on any atom is -0.390 e. The highest BCUT2D eigenvalue weighted by atomic mass is 16.3. The van der Waals surface area contributed by atoms with Gasteiger partial charge < -0.3 is 10.1 Å². The molecule has 2 atom stereocenters. The number of Topliss-reactive ketones (excluding diaryl/α,β-unsaturated/α-hetero) is 1. The van der Waals surface area contributed by atoms with Crippen LogP contribution in [0.25, 0.3) is 0 Å². The number of nitrogens with zero attached hydrogens (tertiary/aromatic N) is 1. The van der Waals surface area contributed by atoms with Crippen LogP contribution in [0.3, 0.4) is 0 Å². The van der Waals surface area contributed by atoms with Crippen LogP contribution in [0.15, 0.2) is 53.5 Å². The van der Waals surface area contributed by atoms with E-state index in [1.807, 2.05) is 18.2 Å². The van der Waals surface area contributed by atoms with Gasteiger partial charge in [0.2, 0.25) is 5.56 Å². The number of ketones is 1. The van der Waals surface area contributed by atoms with E-state index in [0.29, 0.717) is 30.4 Å². The van der Waals surface area contributed by atoms with Gasteiger partial charge in [-0.3, -0.25) is 14.5 Å². The van der Waals surface area contributed by atoms with E-state index >= 15 is 0 Å². The molecule has 5 nitrogen and oxygen atoms in total. The molecule has 1 aliphatic heterocycles. The Morgan fingerprint density at radius 3 is 2.42 bits per heavy atom. The molecule has 26 heavy (non-hydrogen) atoms. The van der Waals surface area contributed by atoms with Crippen LogP contribution in [0.2, 0.25) is 0 Å². The zero-order valence-electron chi connectivity index (χ0n) is 14.7. The molecule has 1 saturated carbocycles. The summed E-state index contributed by atoms with van der Waals surface area (Å²) in [4.78, 5) is 28.2. The van der Waals surface area contributed by atoms with Crippen molar-refractivity contribution in [1.29, 1.82) is 0 Å². The smallest absolute Gasteiger partial charge is 0.247 e. The number of aromatic amines is 1. The maximum Gasteiger partial charge on any atom is 0.247 e. The van der Waals surface area contributed by atoms with Gasteiger partial charge in [0.05, 0.1) is 12.1 Å². The number of aliphatic hydroxyl groups is 1. The molecule has 5 heteroatoms. The van der Waals surface area contributed by atoms with Crippen molar-refractivity contribution in [2.45, 2.75) is 24.9 Å². The molecule has 0 bridgehead atoms. The minimum absolute atomic E-state index is 0.0285. The largest absolute Gasteiger partial charge is 0.390 e. The first-order chi connectivity index (χ1) is 12.5. The number of benzene rings is 1. The van der Waals surface area contributed by atoms with Gasteiger partial charge in [-0.1, -0.05) is 30.3 Å². The van der Waals surface area contributed by atoms with Crippen molar-refractivity contribution in [2.24, 2.45) is 11.8 Å². The molecule has 2 fully saturated rings. The summed E-state index contributed by atoms with van der Waals surface area (Å²) in [7, 11) is 0. The number of rotatable bonds is 5. The Morgan fingerprint density at radius 1 is 1.12 bits per heavy atom. The molecule has 2 aliphatic rings. The fourth-order valence-electron chi connectivity index (χ4n) is 4.69. The molecule has 1 aliphatic carbocycles. The predicted octanol–water partition coefficient (Wildman–Crippen LogP) is 1.87. The highest BCUT2D eigenvalue weighted by molar-refractivity contribution is 5.97. The quantitative estimate of drug-likeness (QED) is 0.806. The molecule has 2 N–H and O–H groups in total. The zero-order valence-corrected chi connectivity index (χ0v) is 14.7. The van der Waals surface area contributed by atoms with Crippen molar-refractivity contribution in [3.63, 3.8) is 0 Å². The lowest BCUT2D eigenvalue weighted by atomic mass is 9.91. The monoisotopic (exact) mass is 352 g/mol. The molecule has 0 radical (unpaired) electrons. The summed E-state index contributed by atoms with van der Waals surface area (Å²) in [6.45, 7) is 2.09. The number of aromatic nitrogens is 1. The van der Waals surface area contributed by atoms with E-state index in [2.05, 4.69) is 22.0 Å². The average Bonchev–Trinajstić information content (AvgIpc) is 3.10. The highest BCUT2D eigenvalue weighted by Crippen LogP contribution is 2.45. The molecular formula is C21H24N2O3. The maximum absolute atomic E-state index is 12.4. The lowest BCUT2D eigenvalue weighted by molar-refractivity contribution is 0.0355. The number of likely N-dealkylation sites (tertiary alicyclic amines) is 1. The zero-order chi connectivity index (χ0) is 18.1. The van der Waals surface area contributed by atoms with Crippen LogP contribution in [0, 0.1) is 11.8 Å². The summed E-state index contributed by atoms with van der Waals surface area (Å²) < 4.78 is 0. The van der Waals surface area contributed by atoms with Crippen LogP contribution in [0.4, 0.5) is 0 Å². The van der Waals surface area contributed by atoms with Crippen molar-refractivity contribution >= 4 is 5.78 Å². The molecule has 4 rings (SSSR count). The van der Waals surface area contributed by atoms with Crippen LogP contribution >= 0.6 is 0 Å². The number of hydrogen-bond donors (Lipinski definition) is 2. The van der Waals surface area contributed by atoms with Crippen molar-refractivity contribution in [3.05, 3.63) is 70.1 Å². The van der Waals surface area contributed by atoms with Gasteiger partial charge in [0.1, 0.15) is 0 Å². The number of hydrogen-bond acceptors (Lipinski definition) is 4. The van der Waals surface area contributed by atoms with Gasteiger partial charge >= 0.3 is 0 Å². The fraction of sp³-hybridized carbons (Fsp3) is 0.429. The molecule has 136 valence electrons. The second-order valence-electron chi connectivity index (χ2n) is 7.87. The topological polar surface area (TPSA) is 73.4 Å². The molecule has 1 aromatic carbocycles. The number of nitrogens with one attached hydrogen (secondary N) is 1. The van der Waals surface area contributed by atoms with Gasteiger partial charge in [-0.25, -0.2) is 0 Å². The Morgan fingerprint density at radius 2 is 1.81 bits per heavy atom. The number of fused-ring (bicyclic) bond motifs is 1. The lowest BCUT2D eigenvalue weighted by Gasteiger charge is -2.26. The molecule has 2 heterocycles. The van der Waals surface area contributed by atoms with E-state index in [4.69, 9.17) is 0 Å². The normalized spacial score (nSPS) is 28.2. The summed E-state index contributed by atoms with van der Waals surface area (Å²) in [5.41, 5.74) is 0.906. The lowest BCUT2D eigenvalue weighted by Crippen LogP contribution is -2.34. The number of pyridine rings is 1. The standard InChI is InChI=1S/C21H24N2O3/c24-19(16-6-7-20(25)22-11-16)14-23-12-17-9-21(26,10-18(17)13-23)8-15-4-2-1-3-5-15/h1-7,11,17-18,26H,8-10,12-14H2,(H,22,25). The Bertz CT molecular complexity index is 811. The first-order valence-electron chi connectivity index (χ1n) is 9.21. The number of carbonyl (C=O) groups is 1. The van der Waals surface area contributed by atoms with Gasteiger partial charge in [0.15, 0.2) is 5.78 Å². The molecule has 2 unspecified atom stereocenters.